The van der Waals surface area contributed by atoms with Gasteiger partial charge in [-0.15, -0.1) is 0 Å². The first-order chi connectivity index (χ1) is 17.6. The maximum absolute atomic E-state index is 11.3. The van der Waals surface area contributed by atoms with E-state index >= 15 is 0 Å². The number of benzene rings is 3. The van der Waals surface area contributed by atoms with Crippen molar-refractivity contribution in [3.63, 3.8) is 0 Å². The lowest BCUT2D eigenvalue weighted by molar-refractivity contribution is 0.301. The van der Waals surface area contributed by atoms with Crippen molar-refractivity contribution in [1.29, 1.82) is 0 Å². The van der Waals surface area contributed by atoms with E-state index in [1.54, 1.807) is 0 Å². The number of aryl methyl sites for hydroxylation is 2. The molecule has 0 amide bonds. The molecule has 0 bridgehead atoms. The molecule has 0 saturated carbocycles. The zero-order valence-corrected chi connectivity index (χ0v) is 22.9. The Morgan fingerprint density at radius 1 is 1.03 bits per heavy atom. The Morgan fingerprint density at radius 3 is 2.49 bits per heavy atom. The summed E-state index contributed by atoms with van der Waals surface area (Å²) in [7, 11) is -2.99. The van der Waals surface area contributed by atoms with Gasteiger partial charge in [-0.3, -0.25) is 0 Å². The summed E-state index contributed by atoms with van der Waals surface area (Å²) >= 11 is -1.86. The van der Waals surface area contributed by atoms with Gasteiger partial charge in [-0.05, 0) is 72.4 Å². The number of hydrogen-bond acceptors (Lipinski definition) is 6. The van der Waals surface area contributed by atoms with Crippen LogP contribution in [0.2, 0.25) is 0 Å². The van der Waals surface area contributed by atoms with Crippen LogP contribution in [0.25, 0.3) is 11.1 Å². The Balaban J connectivity index is 1.42. The van der Waals surface area contributed by atoms with E-state index in [1.165, 1.54) is 6.26 Å². The molecule has 1 N–H and O–H groups in total. The second-order valence-corrected chi connectivity index (χ2v) is 12.7. The highest BCUT2D eigenvalue weighted by atomic mass is 32.2. The molecule has 198 valence electrons. The molecule has 2 atom stereocenters. The number of rotatable bonds is 11. The standard InChI is InChI=1S/C28H32O7S2/c1-19-12-25(33-10-5-11-37(3,31)32)13-20(2)28(19)22-7-4-6-21(14-22)16-34-24-8-9-26-23(18-36(29)30)17-35-27(26)15-24/h4,6-9,12-15,23H,5,10-11,16-18H2,1-3H3,(H,29,30). The molecule has 0 spiro atoms. The molecule has 1 aliphatic rings. The average Bonchev–Trinajstić information content (AvgIpc) is 3.21. The van der Waals surface area contributed by atoms with E-state index in [9.17, 15) is 17.2 Å². The highest BCUT2D eigenvalue weighted by Gasteiger charge is 2.26. The van der Waals surface area contributed by atoms with Gasteiger partial charge in [-0.2, -0.15) is 0 Å². The molecule has 7 nitrogen and oxygen atoms in total. The van der Waals surface area contributed by atoms with Crippen molar-refractivity contribution in [3.8, 4) is 28.4 Å². The Kier molecular flexibility index (Phi) is 8.56. The molecule has 3 aromatic rings. The van der Waals surface area contributed by atoms with Gasteiger partial charge in [0.1, 0.15) is 33.7 Å². The highest BCUT2D eigenvalue weighted by Crippen LogP contribution is 2.37. The van der Waals surface area contributed by atoms with Crippen molar-refractivity contribution < 1.29 is 31.4 Å². The van der Waals surface area contributed by atoms with Crippen LogP contribution in [0.15, 0.2) is 54.6 Å². The molecule has 0 radical (unpaired) electrons. The van der Waals surface area contributed by atoms with Crippen molar-refractivity contribution in [3.05, 3.63) is 76.9 Å². The third-order valence-electron chi connectivity index (χ3n) is 6.26. The van der Waals surface area contributed by atoms with E-state index in [-0.39, 0.29) is 17.4 Å². The number of sulfone groups is 1. The molecule has 37 heavy (non-hydrogen) atoms. The topological polar surface area (TPSA) is 99.1 Å². The van der Waals surface area contributed by atoms with Gasteiger partial charge < -0.3 is 18.8 Å². The molecule has 0 aromatic heterocycles. The Labute approximate surface area is 221 Å². The minimum absolute atomic E-state index is 0.0812. The van der Waals surface area contributed by atoms with E-state index in [0.717, 1.165) is 39.1 Å². The van der Waals surface area contributed by atoms with Crippen molar-refractivity contribution in [2.75, 3.05) is 31.0 Å². The zero-order chi connectivity index (χ0) is 26.6. The molecule has 0 saturated heterocycles. The molecule has 0 fully saturated rings. The van der Waals surface area contributed by atoms with E-state index < -0.39 is 20.9 Å². The van der Waals surface area contributed by atoms with Crippen LogP contribution in [0.1, 0.15) is 34.6 Å². The van der Waals surface area contributed by atoms with Gasteiger partial charge in [0.25, 0.3) is 0 Å². The number of fused-ring (bicyclic) bond motifs is 1. The first-order valence-corrected chi connectivity index (χ1v) is 15.4. The van der Waals surface area contributed by atoms with Gasteiger partial charge >= 0.3 is 0 Å². The van der Waals surface area contributed by atoms with E-state index in [0.29, 0.717) is 37.7 Å². The largest absolute Gasteiger partial charge is 0.494 e. The van der Waals surface area contributed by atoms with E-state index in [1.807, 2.05) is 56.3 Å². The molecule has 1 aliphatic heterocycles. The Morgan fingerprint density at radius 2 is 1.78 bits per heavy atom. The van der Waals surface area contributed by atoms with Gasteiger partial charge in [0.15, 0.2) is 11.1 Å². The fourth-order valence-corrected chi connectivity index (χ4v) is 5.88. The van der Waals surface area contributed by atoms with Gasteiger partial charge in [0.2, 0.25) is 0 Å². The lowest BCUT2D eigenvalue weighted by Gasteiger charge is -2.15. The fraction of sp³-hybridized carbons (Fsp3) is 0.357. The van der Waals surface area contributed by atoms with Crippen LogP contribution < -0.4 is 14.2 Å². The summed E-state index contributed by atoms with van der Waals surface area (Å²) in [6, 6.07) is 17.8. The minimum atomic E-state index is -2.99. The Hall–Kier alpha value is -2.88. The quantitative estimate of drug-likeness (QED) is 0.266. The predicted molar refractivity (Wildman–Crippen MR) is 146 cm³/mol. The van der Waals surface area contributed by atoms with Crippen LogP contribution in [0.4, 0.5) is 0 Å². The lowest BCUT2D eigenvalue weighted by Crippen LogP contribution is -2.10. The van der Waals surface area contributed by atoms with Crippen LogP contribution >= 0.6 is 0 Å². The van der Waals surface area contributed by atoms with Crippen LogP contribution in [-0.2, 0) is 27.5 Å². The second-order valence-electron chi connectivity index (χ2n) is 9.45. The molecular formula is C28H32O7S2. The summed E-state index contributed by atoms with van der Waals surface area (Å²) in [5.74, 6) is 2.31. The maximum atomic E-state index is 11.3. The zero-order valence-electron chi connectivity index (χ0n) is 21.2. The summed E-state index contributed by atoms with van der Waals surface area (Å²) < 4.78 is 60.5. The van der Waals surface area contributed by atoms with Crippen molar-refractivity contribution >= 4 is 20.9 Å². The van der Waals surface area contributed by atoms with Crippen LogP contribution in [0.3, 0.4) is 0 Å². The monoisotopic (exact) mass is 544 g/mol. The van der Waals surface area contributed by atoms with Gasteiger partial charge in [-0.25, -0.2) is 12.6 Å². The number of hydrogen-bond donors (Lipinski definition) is 1. The third kappa shape index (κ3) is 7.34. The predicted octanol–water partition coefficient (Wildman–Crippen LogP) is 5.06. The Bertz CT molecular complexity index is 1380. The molecule has 9 heteroatoms. The first-order valence-electron chi connectivity index (χ1n) is 12.1. The molecule has 1 heterocycles. The fourth-order valence-electron chi connectivity index (χ4n) is 4.61. The van der Waals surface area contributed by atoms with Crippen molar-refractivity contribution in [1.82, 2.24) is 0 Å². The maximum Gasteiger partial charge on any atom is 0.153 e. The number of ether oxygens (including phenoxy) is 3. The second kappa shape index (κ2) is 11.7. The summed E-state index contributed by atoms with van der Waals surface area (Å²) in [4.78, 5) is 0. The minimum Gasteiger partial charge on any atom is -0.494 e. The SMILES string of the molecule is Cc1cc(OCCCS(C)(=O)=O)cc(C)c1-c1cccc(COc2ccc3c(c2)OCC3CS(=O)O)c1. The van der Waals surface area contributed by atoms with E-state index in [4.69, 9.17) is 14.2 Å². The summed E-state index contributed by atoms with van der Waals surface area (Å²) in [6.45, 7) is 5.22. The smallest absolute Gasteiger partial charge is 0.153 e. The van der Waals surface area contributed by atoms with Crippen LogP contribution in [0.5, 0.6) is 17.2 Å². The lowest BCUT2D eigenvalue weighted by atomic mass is 9.94. The average molecular weight is 545 g/mol. The van der Waals surface area contributed by atoms with Crippen molar-refractivity contribution in [2.24, 2.45) is 0 Å². The first kappa shape index (κ1) is 27.2. The van der Waals surface area contributed by atoms with Crippen LogP contribution in [-0.4, -0.2) is 48.2 Å². The van der Waals surface area contributed by atoms with Gasteiger partial charge in [-0.1, -0.05) is 24.3 Å². The molecule has 4 rings (SSSR count). The molecule has 2 unspecified atom stereocenters. The molecular weight excluding hydrogens is 512 g/mol. The summed E-state index contributed by atoms with van der Waals surface area (Å²) in [5.41, 5.74) is 6.31. The van der Waals surface area contributed by atoms with Crippen molar-refractivity contribution in [2.45, 2.75) is 32.8 Å². The van der Waals surface area contributed by atoms with Gasteiger partial charge in [0, 0.05) is 23.8 Å². The molecule has 0 aliphatic carbocycles. The molecule has 3 aromatic carbocycles. The van der Waals surface area contributed by atoms with Crippen LogP contribution in [0, 0.1) is 13.8 Å². The third-order valence-corrected chi connectivity index (χ3v) is 7.98. The highest BCUT2D eigenvalue weighted by molar-refractivity contribution is 7.90. The van der Waals surface area contributed by atoms with E-state index in [2.05, 4.69) is 12.1 Å². The van der Waals surface area contributed by atoms with Gasteiger partial charge in [0.05, 0.1) is 24.7 Å². The normalized spacial score (nSPS) is 15.6. The summed E-state index contributed by atoms with van der Waals surface area (Å²) in [6.07, 6.45) is 1.69. The summed E-state index contributed by atoms with van der Waals surface area (Å²) in [5, 5.41) is 0.